The first kappa shape index (κ1) is 18.3. The van der Waals surface area contributed by atoms with Gasteiger partial charge in [-0.15, -0.1) is 0 Å². The molecule has 7 nitrogen and oxygen atoms in total. The maximum absolute atomic E-state index is 12.8. The zero-order valence-corrected chi connectivity index (χ0v) is 15.8. The van der Waals surface area contributed by atoms with E-state index in [-0.39, 0.29) is 23.3 Å². The first-order valence-corrected chi connectivity index (χ1v) is 10.4. The lowest BCUT2D eigenvalue weighted by molar-refractivity contribution is -0.109. The summed E-state index contributed by atoms with van der Waals surface area (Å²) in [6, 6.07) is -0.156. The van der Waals surface area contributed by atoms with E-state index >= 15 is 0 Å². The Labute approximate surface area is 149 Å². The van der Waals surface area contributed by atoms with Crippen LogP contribution in [0.3, 0.4) is 0 Å². The lowest BCUT2D eigenvalue weighted by atomic mass is 9.94. The average molecular weight is 366 g/mol. The minimum Gasteiger partial charge on any atom is -0.359 e. The topological polar surface area (TPSA) is 92.3 Å². The Morgan fingerprint density at radius 2 is 2.12 bits per heavy atom. The minimum absolute atomic E-state index is 0.00996. The van der Waals surface area contributed by atoms with Crippen molar-refractivity contribution in [2.24, 2.45) is 0 Å². The number of hydrogen-bond acceptors (Lipinski definition) is 5. The predicted octanol–water partition coefficient (Wildman–Crippen LogP) is 1.30. The third kappa shape index (κ3) is 3.55. The molecule has 25 heavy (non-hydrogen) atoms. The van der Waals surface area contributed by atoms with Gasteiger partial charge in [0.1, 0.15) is 5.82 Å². The number of aromatic nitrogens is 2. The summed E-state index contributed by atoms with van der Waals surface area (Å²) in [6.45, 7) is 6.61. The molecule has 0 radical (unpaired) electrons. The zero-order chi connectivity index (χ0) is 18.2. The van der Waals surface area contributed by atoms with E-state index in [0.717, 1.165) is 29.9 Å². The molecular formula is C17H26N4O3S. The average Bonchev–Trinajstić information content (AvgIpc) is 2.87. The molecule has 2 unspecified atom stereocenters. The molecule has 1 fully saturated rings. The number of amides is 1. The number of nitrogens with zero attached hydrogens (tertiary/aromatic N) is 3. The smallest absolute Gasteiger partial charge is 0.214 e. The second-order valence-electron chi connectivity index (χ2n) is 7.87. The van der Waals surface area contributed by atoms with Crippen molar-refractivity contribution in [3.63, 3.8) is 0 Å². The van der Waals surface area contributed by atoms with E-state index in [1.807, 2.05) is 6.20 Å². The molecule has 0 aromatic carbocycles. The van der Waals surface area contributed by atoms with Crippen LogP contribution in [-0.4, -0.2) is 47.4 Å². The first-order chi connectivity index (χ1) is 11.7. The van der Waals surface area contributed by atoms with E-state index in [2.05, 4.69) is 31.1 Å². The number of hydrogen-bond donors (Lipinski definition) is 1. The van der Waals surface area contributed by atoms with Gasteiger partial charge in [-0.05, 0) is 19.3 Å². The standard InChI is InChI=1S/C17H26N4O3S/c1-17(2,3)16-19-10-13-14(20-16)9-12-5-6-15(13)21(12)25(23,24)8-4-7-18-11-22/h10-12,15H,4-9H2,1-3H3,(H,18,22). The van der Waals surface area contributed by atoms with E-state index in [1.165, 1.54) is 0 Å². The Morgan fingerprint density at radius 1 is 1.36 bits per heavy atom. The van der Waals surface area contributed by atoms with E-state index < -0.39 is 10.0 Å². The fourth-order valence-electron chi connectivity index (χ4n) is 3.74. The van der Waals surface area contributed by atoms with Crippen LogP contribution in [0.4, 0.5) is 0 Å². The molecule has 0 spiro atoms. The van der Waals surface area contributed by atoms with Crippen LogP contribution in [0.25, 0.3) is 0 Å². The molecule has 0 saturated carbocycles. The van der Waals surface area contributed by atoms with Crippen LogP contribution in [0.2, 0.25) is 0 Å². The third-order valence-corrected chi connectivity index (χ3v) is 6.93. The Balaban J connectivity index is 1.84. The summed E-state index contributed by atoms with van der Waals surface area (Å²) >= 11 is 0. The number of sulfonamides is 1. The van der Waals surface area contributed by atoms with Crippen LogP contribution >= 0.6 is 0 Å². The van der Waals surface area contributed by atoms with Crippen molar-refractivity contribution in [3.8, 4) is 0 Å². The van der Waals surface area contributed by atoms with Gasteiger partial charge in [-0.3, -0.25) is 4.79 Å². The molecule has 3 rings (SSSR count). The van der Waals surface area contributed by atoms with Crippen molar-refractivity contribution in [1.29, 1.82) is 0 Å². The molecular weight excluding hydrogens is 340 g/mol. The van der Waals surface area contributed by atoms with Gasteiger partial charge in [-0.2, -0.15) is 4.31 Å². The summed E-state index contributed by atoms with van der Waals surface area (Å²) in [5, 5.41) is 2.51. The molecule has 3 heterocycles. The summed E-state index contributed by atoms with van der Waals surface area (Å²) in [7, 11) is -3.36. The lowest BCUT2D eigenvalue weighted by Crippen LogP contribution is -2.43. The second kappa shape index (κ2) is 6.64. The molecule has 1 saturated heterocycles. The fourth-order valence-corrected chi connectivity index (χ4v) is 5.70. The number of rotatable bonds is 6. The van der Waals surface area contributed by atoms with Crippen LogP contribution in [-0.2, 0) is 26.7 Å². The van der Waals surface area contributed by atoms with Crippen molar-refractivity contribution in [3.05, 3.63) is 23.3 Å². The molecule has 8 heteroatoms. The Morgan fingerprint density at radius 3 is 2.80 bits per heavy atom. The normalized spacial score (nSPS) is 23.3. The number of carbonyl (C=O) groups is 1. The van der Waals surface area contributed by atoms with Crippen molar-refractivity contribution >= 4 is 16.4 Å². The molecule has 2 aliphatic rings. The van der Waals surface area contributed by atoms with Crippen LogP contribution in [0.15, 0.2) is 6.20 Å². The van der Waals surface area contributed by atoms with Gasteiger partial charge in [0.05, 0.1) is 17.5 Å². The van der Waals surface area contributed by atoms with Gasteiger partial charge in [0.2, 0.25) is 16.4 Å². The summed E-state index contributed by atoms with van der Waals surface area (Å²) in [4.78, 5) is 19.5. The van der Waals surface area contributed by atoms with Crippen LogP contribution in [0, 0.1) is 0 Å². The molecule has 1 amide bonds. The van der Waals surface area contributed by atoms with Crippen molar-refractivity contribution < 1.29 is 13.2 Å². The Kier molecular flexibility index (Phi) is 4.85. The number of fused-ring (bicyclic) bond motifs is 4. The molecule has 1 aromatic heterocycles. The van der Waals surface area contributed by atoms with Crippen molar-refractivity contribution in [1.82, 2.24) is 19.6 Å². The molecule has 2 aliphatic heterocycles. The van der Waals surface area contributed by atoms with Gasteiger partial charge in [-0.25, -0.2) is 18.4 Å². The number of nitrogens with one attached hydrogen (secondary N) is 1. The van der Waals surface area contributed by atoms with Crippen LogP contribution in [0.5, 0.6) is 0 Å². The molecule has 2 bridgehead atoms. The maximum atomic E-state index is 12.8. The van der Waals surface area contributed by atoms with Crippen LogP contribution < -0.4 is 5.32 Å². The summed E-state index contributed by atoms with van der Waals surface area (Å²) in [5.41, 5.74) is 1.83. The summed E-state index contributed by atoms with van der Waals surface area (Å²) in [6.07, 6.45) is 5.18. The van der Waals surface area contributed by atoms with Gasteiger partial charge in [0.25, 0.3) is 0 Å². The largest absolute Gasteiger partial charge is 0.359 e. The SMILES string of the molecule is CC(C)(C)c1ncc2c(n1)CC1CCC2N1S(=O)(=O)CCCNC=O. The predicted molar refractivity (Wildman–Crippen MR) is 94.5 cm³/mol. The maximum Gasteiger partial charge on any atom is 0.214 e. The highest BCUT2D eigenvalue weighted by Crippen LogP contribution is 2.45. The van der Waals surface area contributed by atoms with E-state index in [9.17, 15) is 13.2 Å². The second-order valence-corrected chi connectivity index (χ2v) is 9.86. The lowest BCUT2D eigenvalue weighted by Gasteiger charge is -2.35. The summed E-state index contributed by atoms with van der Waals surface area (Å²) in [5.74, 6) is 0.860. The van der Waals surface area contributed by atoms with Crippen molar-refractivity contribution in [2.45, 2.75) is 64.0 Å². The monoisotopic (exact) mass is 366 g/mol. The first-order valence-electron chi connectivity index (χ1n) is 8.78. The fraction of sp³-hybridized carbons (Fsp3) is 0.706. The Hall–Kier alpha value is -1.54. The molecule has 0 aliphatic carbocycles. The molecule has 1 aromatic rings. The highest BCUT2D eigenvalue weighted by Gasteiger charge is 2.46. The van der Waals surface area contributed by atoms with Crippen molar-refractivity contribution in [2.75, 3.05) is 12.3 Å². The quantitative estimate of drug-likeness (QED) is 0.605. The molecule has 138 valence electrons. The Bertz CT molecular complexity index is 758. The van der Waals surface area contributed by atoms with E-state index in [1.54, 1.807) is 4.31 Å². The van der Waals surface area contributed by atoms with Gasteiger partial charge in [0.15, 0.2) is 0 Å². The van der Waals surface area contributed by atoms with E-state index in [4.69, 9.17) is 4.98 Å². The van der Waals surface area contributed by atoms with Gasteiger partial charge < -0.3 is 5.32 Å². The highest BCUT2D eigenvalue weighted by atomic mass is 32.2. The number of carbonyl (C=O) groups excluding carboxylic acids is 1. The van der Waals surface area contributed by atoms with Gasteiger partial charge >= 0.3 is 0 Å². The van der Waals surface area contributed by atoms with Gasteiger partial charge in [0, 0.05) is 36.2 Å². The third-order valence-electron chi connectivity index (χ3n) is 4.93. The van der Waals surface area contributed by atoms with Crippen LogP contribution in [0.1, 0.15) is 63.2 Å². The molecule has 2 atom stereocenters. The van der Waals surface area contributed by atoms with Gasteiger partial charge in [-0.1, -0.05) is 20.8 Å². The molecule has 1 N–H and O–H groups in total. The van der Waals surface area contributed by atoms with E-state index in [0.29, 0.717) is 25.8 Å². The highest BCUT2D eigenvalue weighted by molar-refractivity contribution is 7.89. The minimum atomic E-state index is -3.36. The zero-order valence-electron chi connectivity index (χ0n) is 15.0. The summed E-state index contributed by atoms with van der Waals surface area (Å²) < 4.78 is 27.3.